The van der Waals surface area contributed by atoms with E-state index in [1.807, 2.05) is 0 Å². The number of hydrogen-bond donors (Lipinski definition) is 2. The van der Waals surface area contributed by atoms with Crippen LogP contribution in [0.5, 0.6) is 0 Å². The van der Waals surface area contributed by atoms with E-state index in [0.29, 0.717) is 26.2 Å². The third kappa shape index (κ3) is 5.23. The van der Waals surface area contributed by atoms with Crippen LogP contribution in [0.4, 0.5) is 0 Å². The molecule has 0 aliphatic carbocycles. The molecule has 0 spiro atoms. The Morgan fingerprint density at radius 3 is 2.78 bits per heavy atom. The van der Waals surface area contributed by atoms with Gasteiger partial charge in [-0.15, -0.1) is 0 Å². The van der Waals surface area contributed by atoms with E-state index < -0.39 is 10.0 Å². The second-order valence-corrected chi connectivity index (χ2v) is 8.85. The van der Waals surface area contributed by atoms with Crippen molar-refractivity contribution in [3.8, 4) is 0 Å². The fraction of sp³-hybridized carbons (Fsp3) is 0.857. The summed E-state index contributed by atoms with van der Waals surface area (Å²) in [6, 6.07) is 0. The zero-order chi connectivity index (χ0) is 17.1. The molecule has 0 amide bonds. The Labute approximate surface area is 138 Å². The summed E-state index contributed by atoms with van der Waals surface area (Å²) >= 11 is 0. The molecule has 1 aliphatic rings. The maximum absolute atomic E-state index is 11.4. The molecule has 0 bridgehead atoms. The van der Waals surface area contributed by atoms with Crippen molar-refractivity contribution in [2.75, 3.05) is 38.5 Å². The van der Waals surface area contributed by atoms with Crippen LogP contribution in [-0.2, 0) is 20.2 Å². The van der Waals surface area contributed by atoms with E-state index in [9.17, 15) is 8.42 Å². The molecule has 0 unspecified atom stereocenters. The van der Waals surface area contributed by atoms with E-state index in [2.05, 4.69) is 45.6 Å². The van der Waals surface area contributed by atoms with E-state index in [4.69, 9.17) is 4.74 Å². The number of sulfonamides is 1. The van der Waals surface area contributed by atoms with Gasteiger partial charge in [0.05, 0.1) is 12.4 Å². The van der Waals surface area contributed by atoms with E-state index in [1.165, 1.54) is 0 Å². The molecule has 1 aromatic heterocycles. The molecule has 0 radical (unpaired) electrons. The largest absolute Gasteiger partial charge is 0.368 e. The SMILES string of the molecule is CCS(=O)(=O)NCCN1CCO[C@H](c2nc(C(C)(C)C)n[nH]2)C1. The fourth-order valence-electron chi connectivity index (χ4n) is 2.29. The normalized spacial score (nSPS) is 20.8. The molecule has 1 fully saturated rings. The number of hydrogen-bond acceptors (Lipinski definition) is 6. The fourth-order valence-corrected chi connectivity index (χ4v) is 2.89. The first-order valence-corrected chi connectivity index (χ1v) is 9.60. The monoisotopic (exact) mass is 345 g/mol. The number of aromatic amines is 1. The van der Waals surface area contributed by atoms with Gasteiger partial charge in [0, 0.05) is 31.6 Å². The summed E-state index contributed by atoms with van der Waals surface area (Å²) in [7, 11) is -3.14. The van der Waals surface area contributed by atoms with Gasteiger partial charge in [-0.1, -0.05) is 20.8 Å². The molecular formula is C14H27N5O3S. The number of ether oxygens (including phenoxy) is 1. The van der Waals surface area contributed by atoms with E-state index in [-0.39, 0.29) is 17.3 Å². The van der Waals surface area contributed by atoms with Gasteiger partial charge in [-0.25, -0.2) is 18.1 Å². The Bertz CT molecular complexity index is 608. The second-order valence-electron chi connectivity index (χ2n) is 6.75. The van der Waals surface area contributed by atoms with Crippen molar-refractivity contribution in [2.24, 2.45) is 0 Å². The summed E-state index contributed by atoms with van der Waals surface area (Å²) in [6.07, 6.45) is -0.157. The van der Waals surface area contributed by atoms with Crippen LogP contribution in [0.3, 0.4) is 0 Å². The first-order valence-electron chi connectivity index (χ1n) is 7.95. The quantitative estimate of drug-likeness (QED) is 0.775. The highest BCUT2D eigenvalue weighted by Crippen LogP contribution is 2.23. The lowest BCUT2D eigenvalue weighted by molar-refractivity contribution is -0.0333. The van der Waals surface area contributed by atoms with Crippen LogP contribution in [-0.4, -0.2) is 67.0 Å². The van der Waals surface area contributed by atoms with Gasteiger partial charge >= 0.3 is 0 Å². The third-order valence-corrected chi connectivity index (χ3v) is 5.16. The molecule has 1 aliphatic heterocycles. The van der Waals surface area contributed by atoms with Gasteiger partial charge in [0.25, 0.3) is 0 Å². The van der Waals surface area contributed by atoms with Crippen LogP contribution in [0.15, 0.2) is 0 Å². The molecule has 9 heteroatoms. The van der Waals surface area contributed by atoms with Crippen molar-refractivity contribution in [1.29, 1.82) is 0 Å². The topological polar surface area (TPSA) is 100 Å². The predicted molar refractivity (Wildman–Crippen MR) is 87.7 cm³/mol. The Balaban J connectivity index is 1.89. The van der Waals surface area contributed by atoms with Gasteiger partial charge in [-0.05, 0) is 6.92 Å². The third-order valence-electron chi connectivity index (χ3n) is 3.76. The molecule has 1 aromatic rings. The number of aromatic nitrogens is 3. The standard InChI is InChI=1S/C14H27N5O3S/c1-5-23(20,21)15-6-7-19-8-9-22-11(10-19)12-16-13(18-17-12)14(2,3)4/h11,15H,5-10H2,1-4H3,(H,16,17,18)/t11-/m0/s1. The second kappa shape index (κ2) is 7.25. The van der Waals surface area contributed by atoms with Gasteiger partial charge in [0.15, 0.2) is 11.6 Å². The molecule has 0 saturated carbocycles. The maximum Gasteiger partial charge on any atom is 0.211 e. The summed E-state index contributed by atoms with van der Waals surface area (Å²) in [6.45, 7) is 10.9. The zero-order valence-electron chi connectivity index (χ0n) is 14.3. The minimum absolute atomic E-state index is 0.104. The first-order chi connectivity index (χ1) is 10.7. The Morgan fingerprint density at radius 1 is 1.43 bits per heavy atom. The number of rotatable bonds is 6. The molecule has 8 nitrogen and oxygen atoms in total. The lowest BCUT2D eigenvalue weighted by atomic mass is 9.96. The van der Waals surface area contributed by atoms with Crippen LogP contribution in [0.2, 0.25) is 0 Å². The van der Waals surface area contributed by atoms with Crippen molar-refractivity contribution in [3.63, 3.8) is 0 Å². The van der Waals surface area contributed by atoms with Crippen LogP contribution < -0.4 is 4.72 Å². The molecule has 1 atom stereocenters. The van der Waals surface area contributed by atoms with Gasteiger partial charge in [0.2, 0.25) is 10.0 Å². The Hall–Kier alpha value is -1.03. The molecule has 0 aromatic carbocycles. The van der Waals surface area contributed by atoms with Crippen molar-refractivity contribution < 1.29 is 13.2 Å². The predicted octanol–water partition coefficient (Wildman–Crippen LogP) is 0.415. The van der Waals surface area contributed by atoms with Crippen LogP contribution in [0.25, 0.3) is 0 Å². The average Bonchev–Trinajstić information content (AvgIpc) is 2.97. The lowest BCUT2D eigenvalue weighted by Gasteiger charge is -2.31. The smallest absolute Gasteiger partial charge is 0.211 e. The molecule has 23 heavy (non-hydrogen) atoms. The number of H-pyrrole nitrogens is 1. The lowest BCUT2D eigenvalue weighted by Crippen LogP contribution is -2.43. The van der Waals surface area contributed by atoms with Crippen molar-refractivity contribution in [1.82, 2.24) is 24.8 Å². The molecular weight excluding hydrogens is 318 g/mol. The van der Waals surface area contributed by atoms with E-state index >= 15 is 0 Å². The zero-order valence-corrected chi connectivity index (χ0v) is 15.1. The maximum atomic E-state index is 11.4. The number of nitrogens with one attached hydrogen (secondary N) is 2. The molecule has 2 rings (SSSR count). The van der Waals surface area contributed by atoms with Gasteiger partial charge in [-0.3, -0.25) is 10.00 Å². The van der Waals surface area contributed by atoms with E-state index in [1.54, 1.807) is 6.92 Å². The minimum atomic E-state index is -3.14. The molecule has 132 valence electrons. The molecule has 2 N–H and O–H groups in total. The van der Waals surface area contributed by atoms with Gasteiger partial charge in [-0.2, -0.15) is 5.10 Å². The van der Waals surface area contributed by atoms with Crippen LogP contribution in [0.1, 0.15) is 45.4 Å². The Morgan fingerprint density at radius 2 is 2.17 bits per heavy atom. The number of morpholine rings is 1. The van der Waals surface area contributed by atoms with Gasteiger partial charge < -0.3 is 4.74 Å². The number of nitrogens with zero attached hydrogens (tertiary/aromatic N) is 3. The van der Waals surface area contributed by atoms with Crippen LogP contribution >= 0.6 is 0 Å². The van der Waals surface area contributed by atoms with Crippen LogP contribution in [0, 0.1) is 0 Å². The van der Waals surface area contributed by atoms with Crippen molar-refractivity contribution in [2.45, 2.75) is 39.2 Å². The van der Waals surface area contributed by atoms with Crippen molar-refractivity contribution >= 4 is 10.0 Å². The first kappa shape index (κ1) is 18.3. The highest BCUT2D eigenvalue weighted by molar-refractivity contribution is 7.89. The minimum Gasteiger partial charge on any atom is -0.368 e. The highest BCUT2D eigenvalue weighted by atomic mass is 32.2. The Kier molecular flexibility index (Phi) is 5.77. The van der Waals surface area contributed by atoms with Crippen molar-refractivity contribution in [3.05, 3.63) is 11.6 Å². The molecule has 2 heterocycles. The summed E-state index contributed by atoms with van der Waals surface area (Å²) in [5, 5.41) is 7.23. The highest BCUT2D eigenvalue weighted by Gasteiger charge is 2.27. The summed E-state index contributed by atoms with van der Waals surface area (Å²) in [5.74, 6) is 1.60. The average molecular weight is 345 g/mol. The molecule has 1 saturated heterocycles. The summed E-state index contributed by atoms with van der Waals surface area (Å²) < 4.78 is 31.3. The summed E-state index contributed by atoms with van der Waals surface area (Å²) in [4.78, 5) is 6.71. The van der Waals surface area contributed by atoms with E-state index in [0.717, 1.165) is 18.2 Å². The summed E-state index contributed by atoms with van der Waals surface area (Å²) in [5.41, 5.74) is -0.110. The van der Waals surface area contributed by atoms with Gasteiger partial charge in [0.1, 0.15) is 6.10 Å².